The summed E-state index contributed by atoms with van der Waals surface area (Å²) in [4.78, 5) is 1.33. The lowest BCUT2D eigenvalue weighted by molar-refractivity contribution is 0.470. The number of hydrogen-bond donors (Lipinski definition) is 2. The van der Waals surface area contributed by atoms with Crippen molar-refractivity contribution in [3.8, 4) is 0 Å². The van der Waals surface area contributed by atoms with Gasteiger partial charge < -0.3 is 10.6 Å². The van der Waals surface area contributed by atoms with Gasteiger partial charge in [0.05, 0.1) is 4.34 Å². The van der Waals surface area contributed by atoms with Crippen LogP contribution in [0.5, 0.6) is 0 Å². The molecule has 2 heterocycles. The fourth-order valence-electron chi connectivity index (χ4n) is 1.91. The Bertz CT molecular complexity index is 293. The first-order valence-corrected chi connectivity index (χ1v) is 6.72. The highest BCUT2D eigenvalue weighted by atomic mass is 35.5. The normalized spacial score (nSPS) is 22.6. The van der Waals surface area contributed by atoms with Crippen LogP contribution in [0.15, 0.2) is 12.1 Å². The Balaban J connectivity index is 1.76. The van der Waals surface area contributed by atoms with E-state index in [0.717, 1.165) is 17.4 Å². The quantitative estimate of drug-likeness (QED) is 0.854. The fraction of sp³-hybridized carbons (Fsp3) is 0.636. The molecule has 0 amide bonds. The first-order valence-electron chi connectivity index (χ1n) is 5.53. The van der Waals surface area contributed by atoms with Crippen LogP contribution in [0.25, 0.3) is 0 Å². The van der Waals surface area contributed by atoms with E-state index in [1.165, 1.54) is 30.7 Å². The lowest BCUT2D eigenvalue weighted by Crippen LogP contribution is -2.29. The smallest absolute Gasteiger partial charge is 0.0931 e. The Hall–Kier alpha value is -0.0900. The maximum Gasteiger partial charge on any atom is 0.0931 e. The molecule has 4 heteroatoms. The molecule has 1 atom stereocenters. The average Bonchev–Trinajstić information content (AvgIpc) is 2.52. The predicted octanol–water partition coefficient (Wildman–Crippen LogP) is 2.63. The third kappa shape index (κ3) is 3.76. The molecule has 0 spiro atoms. The van der Waals surface area contributed by atoms with E-state index in [9.17, 15) is 0 Å². The zero-order valence-electron chi connectivity index (χ0n) is 8.76. The first kappa shape index (κ1) is 11.4. The van der Waals surface area contributed by atoms with Gasteiger partial charge in [-0.3, -0.25) is 0 Å². The predicted molar refractivity (Wildman–Crippen MR) is 66.7 cm³/mol. The summed E-state index contributed by atoms with van der Waals surface area (Å²) in [5.41, 5.74) is 0. The van der Waals surface area contributed by atoms with Crippen LogP contribution < -0.4 is 10.6 Å². The fourth-order valence-corrected chi connectivity index (χ4v) is 2.95. The molecule has 1 aliphatic heterocycles. The summed E-state index contributed by atoms with van der Waals surface area (Å²) in [5, 5.41) is 7.02. The van der Waals surface area contributed by atoms with Crippen LogP contribution in [-0.2, 0) is 6.54 Å². The molecule has 2 N–H and O–H groups in total. The maximum atomic E-state index is 5.89. The molecule has 2 nitrogen and oxygen atoms in total. The van der Waals surface area contributed by atoms with Crippen molar-refractivity contribution in [2.24, 2.45) is 0 Å². The van der Waals surface area contributed by atoms with Gasteiger partial charge in [0.15, 0.2) is 0 Å². The number of nitrogens with one attached hydrogen (secondary N) is 2. The summed E-state index contributed by atoms with van der Waals surface area (Å²) in [7, 11) is 0. The summed E-state index contributed by atoms with van der Waals surface area (Å²) < 4.78 is 0.884. The van der Waals surface area contributed by atoms with E-state index in [1.54, 1.807) is 11.3 Å². The highest BCUT2D eigenvalue weighted by Gasteiger charge is 2.11. The van der Waals surface area contributed by atoms with Crippen molar-refractivity contribution in [2.45, 2.75) is 31.8 Å². The first-order chi connectivity index (χ1) is 7.34. The molecule has 1 aromatic rings. The van der Waals surface area contributed by atoms with Gasteiger partial charge in [0, 0.05) is 17.5 Å². The van der Waals surface area contributed by atoms with E-state index >= 15 is 0 Å². The number of rotatable bonds is 3. The zero-order valence-corrected chi connectivity index (χ0v) is 10.3. The van der Waals surface area contributed by atoms with Gasteiger partial charge >= 0.3 is 0 Å². The molecule has 0 aromatic carbocycles. The van der Waals surface area contributed by atoms with Gasteiger partial charge in [-0.15, -0.1) is 11.3 Å². The average molecular weight is 245 g/mol. The Morgan fingerprint density at radius 1 is 1.40 bits per heavy atom. The van der Waals surface area contributed by atoms with E-state index in [-0.39, 0.29) is 0 Å². The van der Waals surface area contributed by atoms with Gasteiger partial charge in [-0.2, -0.15) is 0 Å². The number of halogens is 1. The van der Waals surface area contributed by atoms with Crippen LogP contribution >= 0.6 is 22.9 Å². The molecular weight excluding hydrogens is 228 g/mol. The summed E-state index contributed by atoms with van der Waals surface area (Å²) in [6.07, 6.45) is 3.80. The third-order valence-corrected chi connectivity index (χ3v) is 4.00. The number of thiophene rings is 1. The third-order valence-electron chi connectivity index (χ3n) is 2.77. The molecule has 0 aliphatic carbocycles. The minimum Gasteiger partial charge on any atom is -0.317 e. The van der Waals surface area contributed by atoms with Gasteiger partial charge in [-0.25, -0.2) is 0 Å². The molecule has 0 radical (unpaired) electrons. The highest BCUT2D eigenvalue weighted by molar-refractivity contribution is 7.16. The second-order valence-corrected chi connectivity index (χ2v) is 5.76. The van der Waals surface area contributed by atoms with Crippen molar-refractivity contribution in [1.82, 2.24) is 10.6 Å². The zero-order chi connectivity index (χ0) is 10.5. The molecule has 1 saturated heterocycles. The molecule has 0 bridgehead atoms. The minimum atomic E-state index is 0.667. The Morgan fingerprint density at radius 3 is 3.13 bits per heavy atom. The molecule has 1 unspecified atom stereocenters. The van der Waals surface area contributed by atoms with Crippen molar-refractivity contribution in [3.63, 3.8) is 0 Å². The topological polar surface area (TPSA) is 24.1 Å². The van der Waals surface area contributed by atoms with E-state index in [0.29, 0.717) is 6.04 Å². The van der Waals surface area contributed by atoms with E-state index < -0.39 is 0 Å². The largest absolute Gasteiger partial charge is 0.317 e. The molecule has 1 aromatic heterocycles. The highest BCUT2D eigenvalue weighted by Crippen LogP contribution is 2.21. The van der Waals surface area contributed by atoms with E-state index in [4.69, 9.17) is 11.6 Å². The Morgan fingerprint density at radius 2 is 2.33 bits per heavy atom. The summed E-state index contributed by atoms with van der Waals surface area (Å²) >= 11 is 7.56. The standard InChI is InChI=1S/C11H17ClN2S/c12-11-4-3-10(15-11)8-14-9-2-1-6-13-7-5-9/h3-4,9,13-14H,1-2,5-8H2. The van der Waals surface area contributed by atoms with Crippen molar-refractivity contribution in [3.05, 3.63) is 21.3 Å². The van der Waals surface area contributed by atoms with Gasteiger partial charge in [-0.1, -0.05) is 11.6 Å². The second kappa shape index (κ2) is 5.85. The molecule has 2 rings (SSSR count). The van der Waals surface area contributed by atoms with Gasteiger partial charge in [0.2, 0.25) is 0 Å². The lowest BCUT2D eigenvalue weighted by atomic mass is 10.1. The van der Waals surface area contributed by atoms with Crippen LogP contribution in [0, 0.1) is 0 Å². The number of hydrogen-bond acceptors (Lipinski definition) is 3. The van der Waals surface area contributed by atoms with Gasteiger partial charge in [0.1, 0.15) is 0 Å². The van der Waals surface area contributed by atoms with Crippen molar-refractivity contribution >= 4 is 22.9 Å². The van der Waals surface area contributed by atoms with Gasteiger partial charge in [0.25, 0.3) is 0 Å². The van der Waals surface area contributed by atoms with Crippen LogP contribution in [0.3, 0.4) is 0 Å². The summed E-state index contributed by atoms with van der Waals surface area (Å²) in [6.45, 7) is 3.27. The molecular formula is C11H17ClN2S. The lowest BCUT2D eigenvalue weighted by Gasteiger charge is -2.14. The van der Waals surface area contributed by atoms with Crippen molar-refractivity contribution in [1.29, 1.82) is 0 Å². The monoisotopic (exact) mass is 244 g/mol. The van der Waals surface area contributed by atoms with Crippen LogP contribution in [0.4, 0.5) is 0 Å². The summed E-state index contributed by atoms with van der Waals surface area (Å²) in [5.74, 6) is 0. The van der Waals surface area contributed by atoms with E-state index in [1.807, 2.05) is 6.07 Å². The van der Waals surface area contributed by atoms with Crippen molar-refractivity contribution < 1.29 is 0 Å². The molecule has 15 heavy (non-hydrogen) atoms. The molecule has 84 valence electrons. The molecule has 1 fully saturated rings. The molecule has 0 saturated carbocycles. The maximum absolute atomic E-state index is 5.89. The minimum absolute atomic E-state index is 0.667. The Kier molecular flexibility index (Phi) is 4.44. The SMILES string of the molecule is Clc1ccc(CNC2CCCNCC2)s1. The Labute approximate surface area is 100 Å². The van der Waals surface area contributed by atoms with Crippen LogP contribution in [0.2, 0.25) is 4.34 Å². The van der Waals surface area contributed by atoms with E-state index in [2.05, 4.69) is 16.7 Å². The van der Waals surface area contributed by atoms with Crippen LogP contribution in [-0.4, -0.2) is 19.1 Å². The summed E-state index contributed by atoms with van der Waals surface area (Å²) in [6, 6.07) is 4.74. The van der Waals surface area contributed by atoms with Crippen LogP contribution in [0.1, 0.15) is 24.1 Å². The molecule has 1 aliphatic rings. The second-order valence-electron chi connectivity index (χ2n) is 3.96. The van der Waals surface area contributed by atoms with Crippen molar-refractivity contribution in [2.75, 3.05) is 13.1 Å². The van der Waals surface area contributed by atoms with Gasteiger partial charge in [-0.05, 0) is 44.5 Å².